The van der Waals surface area contributed by atoms with Gasteiger partial charge in [0.05, 0.1) is 0 Å². The lowest BCUT2D eigenvalue weighted by atomic mass is 9.94. The number of carbonyl (C=O) groups excluding carboxylic acids is 1. The molecule has 1 aliphatic carbocycles. The van der Waals surface area contributed by atoms with Crippen LogP contribution in [0.4, 0.5) is 0 Å². The van der Waals surface area contributed by atoms with Crippen LogP contribution in [0.15, 0.2) is 0 Å². The molecule has 1 amide bonds. The Hall–Kier alpha value is -0.610. The molecule has 4 heteroatoms. The van der Waals surface area contributed by atoms with Gasteiger partial charge in [-0.3, -0.25) is 4.79 Å². The monoisotopic (exact) mass is 281 g/mol. The van der Waals surface area contributed by atoms with Crippen molar-refractivity contribution in [3.63, 3.8) is 0 Å². The van der Waals surface area contributed by atoms with Gasteiger partial charge in [-0.2, -0.15) is 0 Å². The molecule has 0 unspecified atom stereocenters. The highest BCUT2D eigenvalue weighted by Gasteiger charge is 2.31. The third-order valence-electron chi connectivity index (χ3n) is 4.96. The van der Waals surface area contributed by atoms with Gasteiger partial charge in [0.2, 0.25) is 5.91 Å². The summed E-state index contributed by atoms with van der Waals surface area (Å²) >= 11 is 0. The summed E-state index contributed by atoms with van der Waals surface area (Å²) in [6, 6.07) is 0. The predicted molar refractivity (Wildman–Crippen MR) is 82.5 cm³/mol. The zero-order valence-electron chi connectivity index (χ0n) is 13.0. The van der Waals surface area contributed by atoms with Gasteiger partial charge in [0.15, 0.2) is 0 Å². The molecule has 20 heavy (non-hydrogen) atoms. The Labute approximate surface area is 123 Å². The van der Waals surface area contributed by atoms with Crippen molar-refractivity contribution in [2.24, 2.45) is 11.7 Å². The summed E-state index contributed by atoms with van der Waals surface area (Å²) in [6.45, 7) is 6.69. The van der Waals surface area contributed by atoms with Crippen molar-refractivity contribution >= 4 is 5.91 Å². The molecule has 1 saturated heterocycles. The lowest BCUT2D eigenvalue weighted by Gasteiger charge is -2.30. The first-order chi connectivity index (χ1) is 9.57. The molecule has 1 heterocycles. The number of rotatable bonds is 6. The van der Waals surface area contributed by atoms with Crippen LogP contribution in [0.25, 0.3) is 0 Å². The molecule has 1 saturated carbocycles. The fourth-order valence-electron chi connectivity index (χ4n) is 3.45. The van der Waals surface area contributed by atoms with Crippen molar-refractivity contribution in [2.45, 2.75) is 63.8 Å². The Balaban J connectivity index is 1.53. The maximum Gasteiger partial charge on any atom is 0.221 e. The van der Waals surface area contributed by atoms with Gasteiger partial charge in [0.1, 0.15) is 0 Å². The molecule has 0 aromatic heterocycles. The average molecular weight is 281 g/mol. The van der Waals surface area contributed by atoms with E-state index in [0.29, 0.717) is 6.42 Å². The zero-order valence-corrected chi connectivity index (χ0v) is 13.0. The molecule has 116 valence electrons. The molecule has 4 nitrogen and oxygen atoms in total. The number of nitrogens with zero attached hydrogens (tertiary/aromatic N) is 1. The minimum atomic E-state index is -0.215. The van der Waals surface area contributed by atoms with Crippen molar-refractivity contribution in [1.82, 2.24) is 10.2 Å². The second kappa shape index (κ2) is 7.41. The summed E-state index contributed by atoms with van der Waals surface area (Å²) in [5.41, 5.74) is 6.01. The largest absolute Gasteiger partial charge is 0.356 e. The van der Waals surface area contributed by atoms with E-state index in [-0.39, 0.29) is 11.4 Å². The van der Waals surface area contributed by atoms with Crippen LogP contribution >= 0.6 is 0 Å². The summed E-state index contributed by atoms with van der Waals surface area (Å²) in [7, 11) is 0. The minimum absolute atomic E-state index is 0.140. The van der Waals surface area contributed by atoms with Crippen molar-refractivity contribution < 1.29 is 4.79 Å². The molecule has 2 rings (SSSR count). The van der Waals surface area contributed by atoms with Gasteiger partial charge < -0.3 is 16.0 Å². The van der Waals surface area contributed by atoms with E-state index < -0.39 is 0 Å². The van der Waals surface area contributed by atoms with Crippen LogP contribution in [0.5, 0.6) is 0 Å². The quantitative estimate of drug-likeness (QED) is 0.731. The molecular formula is C16H31N3O. The highest BCUT2D eigenvalue weighted by atomic mass is 16.1. The number of nitrogens with two attached hydrogens (primary N) is 1. The molecule has 0 atom stereocenters. The van der Waals surface area contributed by atoms with Crippen molar-refractivity contribution in [3.8, 4) is 0 Å². The number of nitrogens with one attached hydrogen (secondary N) is 1. The molecule has 3 N–H and O–H groups in total. The average Bonchev–Trinajstić information content (AvgIpc) is 2.83. The van der Waals surface area contributed by atoms with Crippen LogP contribution in [0.3, 0.4) is 0 Å². The van der Waals surface area contributed by atoms with Gasteiger partial charge in [-0.15, -0.1) is 0 Å². The number of hydrogen-bond donors (Lipinski definition) is 2. The number of hydrogen-bond acceptors (Lipinski definition) is 3. The highest BCUT2D eigenvalue weighted by Crippen LogP contribution is 2.29. The van der Waals surface area contributed by atoms with E-state index in [0.717, 1.165) is 38.3 Å². The smallest absolute Gasteiger partial charge is 0.221 e. The first-order valence-electron chi connectivity index (χ1n) is 8.35. The third-order valence-corrected chi connectivity index (χ3v) is 4.96. The van der Waals surface area contributed by atoms with Crippen LogP contribution in [0.2, 0.25) is 0 Å². The van der Waals surface area contributed by atoms with Crippen LogP contribution in [-0.4, -0.2) is 42.5 Å². The SMILES string of the molecule is CC1CCN(CCCNC(=O)CC2(N)CCCC2)CC1. The maximum absolute atomic E-state index is 11.9. The van der Waals surface area contributed by atoms with E-state index in [1.54, 1.807) is 0 Å². The summed E-state index contributed by atoms with van der Waals surface area (Å²) < 4.78 is 0. The Kier molecular flexibility index (Phi) is 5.85. The van der Waals surface area contributed by atoms with Gasteiger partial charge in [-0.25, -0.2) is 0 Å². The Bertz CT molecular complexity index is 305. The summed E-state index contributed by atoms with van der Waals surface area (Å²) in [4.78, 5) is 14.4. The van der Waals surface area contributed by atoms with Crippen LogP contribution in [-0.2, 0) is 4.79 Å². The van der Waals surface area contributed by atoms with E-state index in [2.05, 4.69) is 17.1 Å². The Morgan fingerprint density at radius 2 is 1.95 bits per heavy atom. The van der Waals surface area contributed by atoms with E-state index in [9.17, 15) is 4.79 Å². The topological polar surface area (TPSA) is 58.4 Å². The first kappa shape index (κ1) is 15.8. The van der Waals surface area contributed by atoms with E-state index >= 15 is 0 Å². The van der Waals surface area contributed by atoms with E-state index in [1.807, 2.05) is 0 Å². The molecule has 0 radical (unpaired) electrons. The second-order valence-corrected chi connectivity index (χ2v) is 6.97. The fourth-order valence-corrected chi connectivity index (χ4v) is 3.45. The van der Waals surface area contributed by atoms with Gasteiger partial charge in [0, 0.05) is 18.5 Å². The molecule has 2 fully saturated rings. The van der Waals surface area contributed by atoms with E-state index in [4.69, 9.17) is 5.73 Å². The van der Waals surface area contributed by atoms with Gasteiger partial charge in [-0.05, 0) is 57.7 Å². The van der Waals surface area contributed by atoms with Crippen LogP contribution in [0, 0.1) is 5.92 Å². The highest BCUT2D eigenvalue weighted by molar-refractivity contribution is 5.77. The summed E-state index contributed by atoms with van der Waals surface area (Å²) in [6.07, 6.45) is 8.57. The van der Waals surface area contributed by atoms with E-state index in [1.165, 1.54) is 38.8 Å². The number of likely N-dealkylation sites (tertiary alicyclic amines) is 1. The predicted octanol–water partition coefficient (Wildman–Crippen LogP) is 1.89. The van der Waals surface area contributed by atoms with Gasteiger partial charge >= 0.3 is 0 Å². The fraction of sp³-hybridized carbons (Fsp3) is 0.938. The number of carbonyl (C=O) groups is 1. The second-order valence-electron chi connectivity index (χ2n) is 6.97. The minimum Gasteiger partial charge on any atom is -0.356 e. The molecule has 0 spiro atoms. The molecule has 1 aliphatic heterocycles. The lowest BCUT2D eigenvalue weighted by molar-refractivity contribution is -0.122. The Morgan fingerprint density at radius 1 is 1.30 bits per heavy atom. The first-order valence-corrected chi connectivity index (χ1v) is 8.35. The zero-order chi connectivity index (χ0) is 14.4. The molecule has 0 aromatic carbocycles. The summed E-state index contributed by atoms with van der Waals surface area (Å²) in [5.74, 6) is 1.03. The van der Waals surface area contributed by atoms with Crippen molar-refractivity contribution in [1.29, 1.82) is 0 Å². The number of amides is 1. The summed E-state index contributed by atoms with van der Waals surface area (Å²) in [5, 5.41) is 3.04. The molecule has 0 aromatic rings. The third kappa shape index (κ3) is 5.06. The molecule has 2 aliphatic rings. The molecule has 0 bridgehead atoms. The maximum atomic E-state index is 11.9. The van der Waals surface area contributed by atoms with Crippen LogP contribution < -0.4 is 11.1 Å². The van der Waals surface area contributed by atoms with Crippen LogP contribution in [0.1, 0.15) is 58.3 Å². The normalized spacial score (nSPS) is 23.9. The number of piperidine rings is 1. The van der Waals surface area contributed by atoms with Gasteiger partial charge in [-0.1, -0.05) is 19.8 Å². The molecular weight excluding hydrogens is 250 g/mol. The standard InChI is InChI=1S/C16H31N3O/c1-14-5-11-19(12-6-14)10-4-9-18-15(20)13-16(17)7-2-3-8-16/h14H,2-13,17H2,1H3,(H,18,20). The van der Waals surface area contributed by atoms with Gasteiger partial charge in [0.25, 0.3) is 0 Å². The van der Waals surface area contributed by atoms with Crippen molar-refractivity contribution in [3.05, 3.63) is 0 Å². The Morgan fingerprint density at radius 3 is 2.60 bits per heavy atom. The lowest BCUT2D eigenvalue weighted by Crippen LogP contribution is -2.42. The van der Waals surface area contributed by atoms with Crippen molar-refractivity contribution in [2.75, 3.05) is 26.2 Å².